The Hall–Kier alpha value is -1.58. The average Bonchev–Trinajstić information content (AvgIpc) is 2.59. The Morgan fingerprint density at radius 2 is 1.92 bits per heavy atom. The number of rotatable bonds is 8. The molecule has 3 nitrogen and oxygen atoms in total. The van der Waals surface area contributed by atoms with Crippen molar-refractivity contribution in [3.8, 4) is 5.75 Å². The smallest absolute Gasteiger partial charge is 0.167 e. The largest absolute Gasteiger partial charge is 0.488 e. The molecule has 0 aliphatic heterocycles. The van der Waals surface area contributed by atoms with Crippen LogP contribution in [0.1, 0.15) is 42.1 Å². The highest BCUT2D eigenvalue weighted by Crippen LogP contribution is 2.26. The Labute approximate surface area is 157 Å². The fraction of sp³-hybridized carbons (Fsp3) is 0.263. The molecule has 0 heterocycles. The number of benzene rings is 2. The maximum absolute atomic E-state index is 13.9. The Bertz CT molecular complexity index is 792. The van der Waals surface area contributed by atoms with E-state index in [0.717, 1.165) is 9.78 Å². The molecule has 0 saturated carbocycles. The van der Waals surface area contributed by atoms with Crippen LogP contribution in [-0.4, -0.2) is 11.6 Å². The van der Waals surface area contributed by atoms with Crippen LogP contribution in [0.25, 0.3) is 0 Å². The number of ether oxygens (including phenoxy) is 1. The van der Waals surface area contributed by atoms with Gasteiger partial charge in [-0.3, -0.25) is 9.59 Å². The van der Waals surface area contributed by atoms with Gasteiger partial charge in [0.2, 0.25) is 0 Å². The minimum Gasteiger partial charge on any atom is -0.488 e. The van der Waals surface area contributed by atoms with Crippen LogP contribution in [0.2, 0.25) is 0 Å². The topological polar surface area (TPSA) is 43.4 Å². The molecule has 1 atom stereocenters. The molecule has 132 valence electrons. The summed E-state index contributed by atoms with van der Waals surface area (Å²) in [7, 11) is 2.43. The third-order valence-electron chi connectivity index (χ3n) is 3.73. The highest BCUT2D eigenvalue weighted by molar-refractivity contribution is 9.10. The lowest BCUT2D eigenvalue weighted by Gasteiger charge is -2.12. The molecule has 6 heteroatoms. The molecule has 1 unspecified atom stereocenters. The van der Waals surface area contributed by atoms with E-state index >= 15 is 0 Å². The molecular weight excluding hydrogens is 406 g/mol. The van der Waals surface area contributed by atoms with Crippen molar-refractivity contribution in [1.82, 2.24) is 0 Å². The second-order valence-corrected chi connectivity index (χ2v) is 7.18. The normalized spacial score (nSPS) is 10.6. The average molecular weight is 425 g/mol. The van der Waals surface area contributed by atoms with E-state index < -0.39 is 0 Å². The van der Waals surface area contributed by atoms with Crippen LogP contribution >= 0.6 is 25.2 Å². The Morgan fingerprint density at radius 1 is 1.16 bits per heavy atom. The molecule has 0 bridgehead atoms. The summed E-state index contributed by atoms with van der Waals surface area (Å²) in [5.74, 6) is -0.0955. The third kappa shape index (κ3) is 5.72. The molecule has 0 aromatic heterocycles. The summed E-state index contributed by atoms with van der Waals surface area (Å²) in [6, 6.07) is 9.92. The van der Waals surface area contributed by atoms with Crippen LogP contribution < -0.4 is 10.0 Å². The summed E-state index contributed by atoms with van der Waals surface area (Å²) in [6.07, 6.45) is 0.765. The van der Waals surface area contributed by atoms with Gasteiger partial charge < -0.3 is 4.74 Å². The minimum absolute atomic E-state index is 0.0204. The van der Waals surface area contributed by atoms with Gasteiger partial charge in [0.05, 0.1) is 5.56 Å². The summed E-state index contributed by atoms with van der Waals surface area (Å²) in [4.78, 5) is 23.9. The lowest BCUT2D eigenvalue weighted by Crippen LogP contribution is -2.08. The summed E-state index contributed by atoms with van der Waals surface area (Å²) in [5.41, 5.74) is 0.801. The Morgan fingerprint density at radius 3 is 2.60 bits per heavy atom. The number of hydrogen-bond donors (Lipinski definition) is 0. The third-order valence-corrected chi connectivity index (χ3v) is 4.58. The first kappa shape index (κ1) is 19.7. The molecule has 0 saturated heterocycles. The number of halogens is 2. The summed E-state index contributed by atoms with van der Waals surface area (Å²) in [6.45, 7) is 1.79. The molecule has 0 spiro atoms. The van der Waals surface area contributed by atoms with E-state index in [1.807, 2.05) is 0 Å². The van der Waals surface area contributed by atoms with Gasteiger partial charge in [0.1, 0.15) is 24.0 Å². The van der Waals surface area contributed by atoms with Gasteiger partial charge in [0, 0.05) is 29.3 Å². The minimum atomic E-state index is -0.356. The van der Waals surface area contributed by atoms with Gasteiger partial charge >= 0.3 is 0 Å². The zero-order chi connectivity index (χ0) is 18.4. The molecule has 0 aliphatic carbocycles. The number of carbonyl (C=O) groups is 2. The first-order valence-electron chi connectivity index (χ1n) is 7.92. The molecule has 0 radical (unpaired) electrons. The van der Waals surface area contributed by atoms with E-state index in [2.05, 4.69) is 25.2 Å². The monoisotopic (exact) mass is 424 g/mol. The molecular formula is C19H19BrFO3P. The molecule has 25 heavy (non-hydrogen) atoms. The van der Waals surface area contributed by atoms with E-state index in [1.165, 1.54) is 6.07 Å². The predicted octanol–water partition coefficient (Wildman–Crippen LogP) is 4.61. The van der Waals surface area contributed by atoms with Gasteiger partial charge in [-0.25, -0.2) is 4.39 Å². The maximum atomic E-state index is 13.9. The van der Waals surface area contributed by atoms with Crippen LogP contribution in [0.4, 0.5) is 4.39 Å². The fourth-order valence-electron chi connectivity index (χ4n) is 2.25. The van der Waals surface area contributed by atoms with Crippen molar-refractivity contribution < 1.29 is 18.7 Å². The molecule has 2 aromatic carbocycles. The van der Waals surface area contributed by atoms with E-state index in [9.17, 15) is 14.0 Å². The van der Waals surface area contributed by atoms with Gasteiger partial charge in [0.15, 0.2) is 5.78 Å². The highest BCUT2D eigenvalue weighted by atomic mass is 79.9. The fourth-order valence-corrected chi connectivity index (χ4v) is 2.85. The van der Waals surface area contributed by atoms with Crippen LogP contribution in [0.3, 0.4) is 0 Å². The number of hydrogen-bond acceptors (Lipinski definition) is 3. The van der Waals surface area contributed by atoms with Crippen molar-refractivity contribution in [3.05, 3.63) is 57.8 Å². The second-order valence-electron chi connectivity index (χ2n) is 5.60. The summed E-state index contributed by atoms with van der Waals surface area (Å²) in [5, 5.41) is 0.751. The first-order chi connectivity index (χ1) is 11.9. The molecule has 0 aliphatic rings. The van der Waals surface area contributed by atoms with Gasteiger partial charge in [0.25, 0.3) is 0 Å². The zero-order valence-corrected chi connectivity index (χ0v) is 16.6. The van der Waals surface area contributed by atoms with Gasteiger partial charge in [-0.1, -0.05) is 35.0 Å². The van der Waals surface area contributed by atoms with Crippen molar-refractivity contribution in [2.24, 2.45) is 0 Å². The van der Waals surface area contributed by atoms with E-state index in [1.54, 1.807) is 37.3 Å². The number of Topliss-reactive ketones (excluding diaryl/α,β-unsaturated/α-hetero) is 2. The SMILES string of the molecule is CCC(=O)CCC(=O)c1cc(Br)ccc1OCc1ccc(P)cc1F. The van der Waals surface area contributed by atoms with Crippen LogP contribution in [-0.2, 0) is 11.4 Å². The summed E-state index contributed by atoms with van der Waals surface area (Å²) >= 11 is 3.34. The zero-order valence-electron chi connectivity index (χ0n) is 13.9. The molecule has 0 N–H and O–H groups in total. The lowest BCUT2D eigenvalue weighted by atomic mass is 10.0. The van der Waals surface area contributed by atoms with Crippen molar-refractivity contribution in [1.29, 1.82) is 0 Å². The van der Waals surface area contributed by atoms with Gasteiger partial charge in [-0.15, -0.1) is 9.24 Å². The van der Waals surface area contributed by atoms with Crippen LogP contribution in [0, 0.1) is 5.82 Å². The second kappa shape index (κ2) is 9.21. The molecule has 2 aromatic rings. The first-order valence-corrected chi connectivity index (χ1v) is 9.29. The molecule has 0 amide bonds. The number of ketones is 2. The van der Waals surface area contributed by atoms with Gasteiger partial charge in [-0.2, -0.15) is 0 Å². The Kier molecular flexibility index (Phi) is 7.27. The molecule has 2 rings (SSSR count). The van der Waals surface area contributed by atoms with Crippen molar-refractivity contribution in [2.75, 3.05) is 0 Å². The van der Waals surface area contributed by atoms with E-state index in [4.69, 9.17) is 4.74 Å². The standard InChI is InChI=1S/C19H19BrFO3P/c1-2-14(22)5-7-18(23)16-9-13(20)4-8-19(16)24-11-12-3-6-15(25)10-17(12)21/h3-4,6,8-10H,2,5,7,11,25H2,1H3. The highest BCUT2D eigenvalue weighted by Gasteiger charge is 2.15. The lowest BCUT2D eigenvalue weighted by molar-refractivity contribution is -0.118. The number of carbonyl (C=O) groups excluding carboxylic acids is 2. The Balaban J connectivity index is 2.14. The van der Waals surface area contributed by atoms with E-state index in [0.29, 0.717) is 23.3 Å². The molecule has 0 fully saturated rings. The summed E-state index contributed by atoms with van der Waals surface area (Å²) < 4.78 is 20.3. The van der Waals surface area contributed by atoms with Crippen molar-refractivity contribution >= 4 is 42.0 Å². The van der Waals surface area contributed by atoms with Crippen molar-refractivity contribution in [2.45, 2.75) is 32.8 Å². The van der Waals surface area contributed by atoms with Gasteiger partial charge in [-0.05, 0) is 29.6 Å². The quantitative estimate of drug-likeness (QED) is 0.459. The van der Waals surface area contributed by atoms with Crippen LogP contribution in [0.15, 0.2) is 40.9 Å². The van der Waals surface area contributed by atoms with Crippen LogP contribution in [0.5, 0.6) is 5.75 Å². The van der Waals surface area contributed by atoms with Crippen molar-refractivity contribution in [3.63, 3.8) is 0 Å². The van der Waals surface area contributed by atoms with E-state index in [-0.39, 0.29) is 36.8 Å². The maximum Gasteiger partial charge on any atom is 0.167 e. The predicted molar refractivity (Wildman–Crippen MR) is 103 cm³/mol.